The summed E-state index contributed by atoms with van der Waals surface area (Å²) in [6, 6.07) is 5.82. The van der Waals surface area contributed by atoms with E-state index in [-0.39, 0.29) is 5.92 Å². The first kappa shape index (κ1) is 10.6. The third-order valence-corrected chi connectivity index (χ3v) is 4.05. The number of carbonyl (C=O) groups is 1. The highest BCUT2D eigenvalue weighted by Gasteiger charge is 2.42. The predicted octanol–water partition coefficient (Wildman–Crippen LogP) is 2.76. The van der Waals surface area contributed by atoms with Gasteiger partial charge in [-0.2, -0.15) is 0 Å². The SMILES string of the molecule is COc1ccc2c(c1)C(C1CC1)CC2C(=O)O. The molecule has 1 fully saturated rings. The van der Waals surface area contributed by atoms with Gasteiger partial charge in [0.25, 0.3) is 0 Å². The van der Waals surface area contributed by atoms with Crippen molar-refractivity contribution in [3.8, 4) is 5.75 Å². The zero-order valence-corrected chi connectivity index (χ0v) is 9.85. The van der Waals surface area contributed by atoms with Crippen molar-refractivity contribution in [1.29, 1.82) is 0 Å². The minimum atomic E-state index is -0.695. The largest absolute Gasteiger partial charge is 0.497 e. The van der Waals surface area contributed by atoms with E-state index >= 15 is 0 Å². The van der Waals surface area contributed by atoms with Gasteiger partial charge in [-0.3, -0.25) is 4.79 Å². The third kappa shape index (κ3) is 1.70. The molecule has 3 heteroatoms. The molecule has 0 heterocycles. The molecule has 1 N–H and O–H groups in total. The van der Waals surface area contributed by atoms with Gasteiger partial charge in [-0.1, -0.05) is 6.07 Å². The van der Waals surface area contributed by atoms with Crippen LogP contribution >= 0.6 is 0 Å². The minimum Gasteiger partial charge on any atom is -0.497 e. The molecule has 17 heavy (non-hydrogen) atoms. The van der Waals surface area contributed by atoms with Crippen LogP contribution in [0, 0.1) is 5.92 Å². The molecule has 0 bridgehead atoms. The lowest BCUT2D eigenvalue weighted by Gasteiger charge is -2.10. The monoisotopic (exact) mass is 232 g/mol. The summed E-state index contributed by atoms with van der Waals surface area (Å²) in [6.45, 7) is 0. The first-order valence-corrected chi connectivity index (χ1v) is 6.11. The van der Waals surface area contributed by atoms with Crippen molar-refractivity contribution in [2.75, 3.05) is 7.11 Å². The van der Waals surface area contributed by atoms with Gasteiger partial charge in [-0.15, -0.1) is 0 Å². The quantitative estimate of drug-likeness (QED) is 0.871. The molecule has 0 radical (unpaired) electrons. The van der Waals surface area contributed by atoms with E-state index < -0.39 is 5.97 Å². The molecule has 2 unspecified atom stereocenters. The zero-order valence-electron chi connectivity index (χ0n) is 9.85. The van der Waals surface area contributed by atoms with Gasteiger partial charge in [0.05, 0.1) is 13.0 Å². The van der Waals surface area contributed by atoms with Crippen molar-refractivity contribution in [2.24, 2.45) is 5.92 Å². The Morgan fingerprint density at radius 3 is 2.71 bits per heavy atom. The van der Waals surface area contributed by atoms with Gasteiger partial charge in [0.15, 0.2) is 0 Å². The summed E-state index contributed by atoms with van der Waals surface area (Å²) in [6.07, 6.45) is 3.25. The Morgan fingerprint density at radius 1 is 1.35 bits per heavy atom. The first-order valence-electron chi connectivity index (χ1n) is 6.11. The maximum absolute atomic E-state index is 11.3. The number of carboxylic acids is 1. The predicted molar refractivity (Wildman–Crippen MR) is 63.5 cm³/mol. The molecule has 0 saturated heterocycles. The Balaban J connectivity index is 2.03. The molecule has 2 aliphatic carbocycles. The second kappa shape index (κ2) is 3.76. The fourth-order valence-electron chi connectivity index (χ4n) is 3.00. The molecule has 90 valence electrons. The van der Waals surface area contributed by atoms with Crippen LogP contribution in [0.1, 0.15) is 42.2 Å². The first-order chi connectivity index (χ1) is 8.20. The molecule has 3 nitrogen and oxygen atoms in total. The molecule has 1 saturated carbocycles. The van der Waals surface area contributed by atoms with Gasteiger partial charge in [0, 0.05) is 0 Å². The summed E-state index contributed by atoms with van der Waals surface area (Å²) < 4.78 is 5.24. The van der Waals surface area contributed by atoms with E-state index in [4.69, 9.17) is 4.74 Å². The highest BCUT2D eigenvalue weighted by Crippen LogP contribution is 2.53. The van der Waals surface area contributed by atoms with Crippen molar-refractivity contribution in [1.82, 2.24) is 0 Å². The molecule has 1 aromatic carbocycles. The lowest BCUT2D eigenvalue weighted by atomic mass is 9.96. The molecule has 3 rings (SSSR count). The maximum Gasteiger partial charge on any atom is 0.311 e. The number of aliphatic carboxylic acids is 1. The third-order valence-electron chi connectivity index (χ3n) is 4.05. The van der Waals surface area contributed by atoms with E-state index in [0.717, 1.165) is 17.7 Å². The summed E-state index contributed by atoms with van der Waals surface area (Å²) in [5, 5.41) is 9.28. The highest BCUT2D eigenvalue weighted by atomic mass is 16.5. The van der Waals surface area contributed by atoms with Gasteiger partial charge in [0.2, 0.25) is 0 Å². The van der Waals surface area contributed by atoms with Crippen LogP contribution in [0.2, 0.25) is 0 Å². The Hall–Kier alpha value is -1.51. The number of carboxylic acid groups (broad SMARTS) is 1. The average Bonchev–Trinajstić information content (AvgIpc) is 3.09. The fourth-order valence-corrected chi connectivity index (χ4v) is 3.00. The van der Waals surface area contributed by atoms with E-state index in [1.165, 1.54) is 18.4 Å². The summed E-state index contributed by atoms with van der Waals surface area (Å²) in [5.74, 6) is 0.952. The molecule has 2 atom stereocenters. The lowest BCUT2D eigenvalue weighted by Crippen LogP contribution is -2.08. The van der Waals surface area contributed by atoms with Crippen LogP contribution in [0.15, 0.2) is 18.2 Å². The van der Waals surface area contributed by atoms with E-state index in [1.54, 1.807) is 7.11 Å². The van der Waals surface area contributed by atoms with Gasteiger partial charge < -0.3 is 9.84 Å². The second-order valence-corrected chi connectivity index (χ2v) is 5.07. The van der Waals surface area contributed by atoms with Crippen LogP contribution in [0.4, 0.5) is 0 Å². The van der Waals surface area contributed by atoms with Crippen LogP contribution in [0.5, 0.6) is 5.75 Å². The molecule has 2 aliphatic rings. The topological polar surface area (TPSA) is 46.5 Å². The Kier molecular flexibility index (Phi) is 2.35. The fraction of sp³-hybridized carbons (Fsp3) is 0.500. The van der Waals surface area contributed by atoms with Crippen molar-refractivity contribution in [3.63, 3.8) is 0 Å². The lowest BCUT2D eigenvalue weighted by molar-refractivity contribution is -0.138. The molecule has 0 aromatic heterocycles. The van der Waals surface area contributed by atoms with Gasteiger partial charge in [0.1, 0.15) is 5.75 Å². The summed E-state index contributed by atoms with van der Waals surface area (Å²) in [5.41, 5.74) is 2.20. The van der Waals surface area contributed by atoms with Crippen molar-refractivity contribution < 1.29 is 14.6 Å². The molecular formula is C14H16O3. The highest BCUT2D eigenvalue weighted by molar-refractivity contribution is 5.78. The second-order valence-electron chi connectivity index (χ2n) is 5.07. The van der Waals surface area contributed by atoms with Crippen molar-refractivity contribution >= 4 is 5.97 Å². The number of ether oxygens (including phenoxy) is 1. The van der Waals surface area contributed by atoms with Crippen molar-refractivity contribution in [3.05, 3.63) is 29.3 Å². The summed E-state index contributed by atoms with van der Waals surface area (Å²) >= 11 is 0. The number of rotatable bonds is 3. The molecular weight excluding hydrogens is 216 g/mol. The van der Waals surface area contributed by atoms with Crippen LogP contribution in [0.25, 0.3) is 0 Å². The number of methoxy groups -OCH3 is 1. The van der Waals surface area contributed by atoms with Gasteiger partial charge >= 0.3 is 5.97 Å². The molecule has 1 aromatic rings. The molecule has 0 spiro atoms. The summed E-state index contributed by atoms with van der Waals surface area (Å²) in [7, 11) is 1.65. The normalized spacial score (nSPS) is 26.6. The van der Waals surface area contributed by atoms with Crippen LogP contribution in [-0.4, -0.2) is 18.2 Å². The standard InChI is InChI=1S/C14H16O3/c1-17-9-4-5-10-12(6-9)11(8-2-3-8)7-13(10)14(15)16/h4-6,8,11,13H,2-3,7H2,1H3,(H,15,16). The van der Waals surface area contributed by atoms with Crippen LogP contribution < -0.4 is 4.74 Å². The number of hydrogen-bond donors (Lipinski definition) is 1. The minimum absolute atomic E-state index is 0.318. The number of hydrogen-bond acceptors (Lipinski definition) is 2. The van der Waals surface area contributed by atoms with Crippen LogP contribution in [0.3, 0.4) is 0 Å². The number of benzene rings is 1. The Labute approximate surface area is 100 Å². The average molecular weight is 232 g/mol. The zero-order chi connectivity index (χ0) is 12.0. The van der Waals surface area contributed by atoms with E-state index in [1.807, 2.05) is 18.2 Å². The smallest absolute Gasteiger partial charge is 0.311 e. The van der Waals surface area contributed by atoms with Gasteiger partial charge in [-0.05, 0) is 54.4 Å². The summed E-state index contributed by atoms with van der Waals surface area (Å²) in [4.78, 5) is 11.3. The van der Waals surface area contributed by atoms with Crippen molar-refractivity contribution in [2.45, 2.75) is 31.1 Å². The van der Waals surface area contributed by atoms with E-state index in [0.29, 0.717) is 11.8 Å². The van der Waals surface area contributed by atoms with E-state index in [2.05, 4.69) is 0 Å². The Bertz CT molecular complexity index is 463. The van der Waals surface area contributed by atoms with Crippen LogP contribution in [-0.2, 0) is 4.79 Å². The molecule has 0 amide bonds. The molecule has 0 aliphatic heterocycles. The van der Waals surface area contributed by atoms with Gasteiger partial charge in [-0.25, -0.2) is 0 Å². The van der Waals surface area contributed by atoms with E-state index in [9.17, 15) is 9.90 Å². The Morgan fingerprint density at radius 2 is 2.12 bits per heavy atom. The maximum atomic E-state index is 11.3. The number of fused-ring (bicyclic) bond motifs is 1.